The van der Waals surface area contributed by atoms with Gasteiger partial charge in [0, 0.05) is 17.3 Å². The molecule has 0 saturated heterocycles. The smallest absolute Gasteiger partial charge is 0.0951 e. The summed E-state index contributed by atoms with van der Waals surface area (Å²) in [5.41, 5.74) is 1.19. The highest BCUT2D eigenvalue weighted by molar-refractivity contribution is 9.11. The van der Waals surface area contributed by atoms with Crippen molar-refractivity contribution in [3.05, 3.63) is 26.3 Å². The van der Waals surface area contributed by atoms with Gasteiger partial charge in [0.25, 0.3) is 0 Å². The van der Waals surface area contributed by atoms with E-state index in [0.717, 1.165) is 15.9 Å². The van der Waals surface area contributed by atoms with Gasteiger partial charge < -0.3 is 5.32 Å². The Balaban J connectivity index is 2.16. The van der Waals surface area contributed by atoms with Crippen LogP contribution in [0.3, 0.4) is 0 Å². The Morgan fingerprint density at radius 2 is 2.18 bits per heavy atom. The number of nitrogens with one attached hydrogen (secondary N) is 1. The van der Waals surface area contributed by atoms with Gasteiger partial charge in [0.2, 0.25) is 0 Å². The monoisotopic (exact) mass is 330 g/mol. The lowest BCUT2D eigenvalue weighted by molar-refractivity contribution is 0.421. The van der Waals surface area contributed by atoms with E-state index >= 15 is 0 Å². The number of rotatable bonds is 4. The van der Waals surface area contributed by atoms with E-state index in [1.54, 1.807) is 22.7 Å². The Morgan fingerprint density at radius 1 is 1.41 bits per heavy atom. The average molecular weight is 331 g/mol. The molecule has 2 rings (SSSR count). The molecule has 2 aromatic heterocycles. The van der Waals surface area contributed by atoms with Crippen LogP contribution in [-0.4, -0.2) is 17.6 Å². The largest absolute Gasteiger partial charge is 0.314 e. The van der Waals surface area contributed by atoms with Crippen molar-refractivity contribution in [1.29, 1.82) is 0 Å². The lowest BCUT2D eigenvalue weighted by Crippen LogP contribution is -2.38. The highest BCUT2D eigenvalue weighted by atomic mass is 79.9. The molecule has 17 heavy (non-hydrogen) atoms. The second kappa shape index (κ2) is 5.18. The third-order valence-corrected chi connectivity index (χ3v) is 5.14. The second-order valence-electron chi connectivity index (χ2n) is 4.54. The molecule has 0 unspecified atom stereocenters. The highest BCUT2D eigenvalue weighted by Gasteiger charge is 2.18. The van der Waals surface area contributed by atoms with Gasteiger partial charge >= 0.3 is 0 Å². The summed E-state index contributed by atoms with van der Waals surface area (Å²) < 4.78 is 1.15. The Labute approximate surface area is 118 Å². The first kappa shape index (κ1) is 13.2. The standard InChI is InChI=1S/C12H15BrN2S2/c1-12(2,14-3)6-11-15-8(7-16-11)9-4-5-10(13)17-9/h4-5,7,14H,6H2,1-3H3. The topological polar surface area (TPSA) is 24.9 Å². The molecule has 92 valence electrons. The fourth-order valence-electron chi connectivity index (χ4n) is 1.42. The van der Waals surface area contributed by atoms with E-state index in [-0.39, 0.29) is 5.54 Å². The van der Waals surface area contributed by atoms with Crippen molar-refractivity contribution in [3.63, 3.8) is 0 Å². The summed E-state index contributed by atoms with van der Waals surface area (Å²) >= 11 is 6.94. The maximum atomic E-state index is 4.70. The maximum Gasteiger partial charge on any atom is 0.0951 e. The van der Waals surface area contributed by atoms with Crippen molar-refractivity contribution in [3.8, 4) is 10.6 Å². The summed E-state index contributed by atoms with van der Waals surface area (Å²) in [5.74, 6) is 0. The third kappa shape index (κ3) is 3.37. The van der Waals surface area contributed by atoms with Gasteiger partial charge in [0.1, 0.15) is 0 Å². The Hall–Kier alpha value is -0.230. The van der Waals surface area contributed by atoms with Gasteiger partial charge in [-0.2, -0.15) is 0 Å². The van der Waals surface area contributed by atoms with Crippen LogP contribution in [0.1, 0.15) is 18.9 Å². The summed E-state index contributed by atoms with van der Waals surface area (Å²) in [7, 11) is 1.99. The lowest BCUT2D eigenvalue weighted by Gasteiger charge is -2.22. The Morgan fingerprint density at radius 3 is 2.76 bits per heavy atom. The molecular formula is C12H15BrN2S2. The molecule has 2 heterocycles. The molecular weight excluding hydrogens is 316 g/mol. The average Bonchev–Trinajstić information content (AvgIpc) is 2.86. The number of thiophene rings is 1. The normalized spacial score (nSPS) is 12.0. The minimum Gasteiger partial charge on any atom is -0.314 e. The minimum atomic E-state index is 0.102. The molecule has 5 heteroatoms. The van der Waals surface area contributed by atoms with Gasteiger partial charge in [-0.1, -0.05) is 0 Å². The maximum absolute atomic E-state index is 4.70. The fourth-order valence-corrected chi connectivity index (χ4v) is 3.87. The molecule has 0 aliphatic heterocycles. The molecule has 2 aromatic rings. The predicted octanol–water partition coefficient (Wildman–Crippen LogP) is 4.17. The fraction of sp³-hybridized carbons (Fsp3) is 0.417. The number of thiazole rings is 1. The first-order valence-electron chi connectivity index (χ1n) is 5.39. The first-order valence-corrected chi connectivity index (χ1v) is 7.88. The van der Waals surface area contributed by atoms with E-state index in [0.29, 0.717) is 0 Å². The van der Waals surface area contributed by atoms with Gasteiger partial charge in [0.15, 0.2) is 0 Å². The molecule has 0 atom stereocenters. The molecule has 0 bridgehead atoms. The third-order valence-electron chi connectivity index (χ3n) is 2.65. The Kier molecular flexibility index (Phi) is 4.02. The molecule has 0 fully saturated rings. The number of hydrogen-bond acceptors (Lipinski definition) is 4. The SMILES string of the molecule is CNC(C)(C)Cc1nc(-c2ccc(Br)s2)cs1. The highest BCUT2D eigenvalue weighted by Crippen LogP contribution is 2.32. The first-order chi connectivity index (χ1) is 8.00. The molecule has 1 N–H and O–H groups in total. The molecule has 0 radical (unpaired) electrons. The van der Waals surface area contributed by atoms with Crippen LogP contribution >= 0.6 is 38.6 Å². The minimum absolute atomic E-state index is 0.102. The van der Waals surface area contributed by atoms with Gasteiger partial charge in [-0.15, -0.1) is 22.7 Å². The van der Waals surface area contributed by atoms with Crippen LogP contribution in [0.25, 0.3) is 10.6 Å². The van der Waals surface area contributed by atoms with Gasteiger partial charge in [-0.25, -0.2) is 4.98 Å². The molecule has 2 nitrogen and oxygen atoms in total. The zero-order valence-corrected chi connectivity index (χ0v) is 13.3. The van der Waals surface area contributed by atoms with Crippen molar-refractivity contribution in [2.24, 2.45) is 0 Å². The quantitative estimate of drug-likeness (QED) is 0.909. The molecule has 0 aromatic carbocycles. The van der Waals surface area contributed by atoms with Crippen molar-refractivity contribution in [2.75, 3.05) is 7.05 Å². The number of nitrogens with zero attached hydrogens (tertiary/aromatic N) is 1. The number of likely N-dealkylation sites (N-methyl/N-ethyl adjacent to an activating group) is 1. The van der Waals surface area contributed by atoms with E-state index < -0.39 is 0 Å². The Bertz CT molecular complexity index is 502. The zero-order chi connectivity index (χ0) is 12.5. The zero-order valence-electron chi connectivity index (χ0n) is 10.1. The summed E-state index contributed by atoms with van der Waals surface area (Å²) in [4.78, 5) is 5.92. The number of hydrogen-bond donors (Lipinski definition) is 1. The molecule has 0 amide bonds. The van der Waals surface area contributed by atoms with E-state index in [1.165, 1.54) is 9.88 Å². The molecule has 0 aliphatic carbocycles. The van der Waals surface area contributed by atoms with Crippen LogP contribution in [0, 0.1) is 0 Å². The molecule has 0 spiro atoms. The summed E-state index contributed by atoms with van der Waals surface area (Å²) in [6, 6.07) is 4.17. The van der Waals surface area contributed by atoms with Crippen LogP contribution < -0.4 is 5.32 Å². The summed E-state index contributed by atoms with van der Waals surface area (Å²) in [6.07, 6.45) is 0.959. The van der Waals surface area contributed by atoms with Crippen LogP contribution in [0.2, 0.25) is 0 Å². The van der Waals surface area contributed by atoms with Crippen molar-refractivity contribution >= 4 is 38.6 Å². The number of aromatic nitrogens is 1. The van der Waals surface area contributed by atoms with Crippen LogP contribution in [0.15, 0.2) is 21.3 Å². The van der Waals surface area contributed by atoms with Gasteiger partial charge in [0.05, 0.1) is 19.4 Å². The second-order valence-corrected chi connectivity index (χ2v) is 7.95. The number of halogens is 1. The lowest BCUT2D eigenvalue weighted by atomic mass is 10.0. The van der Waals surface area contributed by atoms with Gasteiger partial charge in [-0.3, -0.25) is 0 Å². The molecule has 0 saturated carbocycles. The predicted molar refractivity (Wildman–Crippen MR) is 80.0 cm³/mol. The van der Waals surface area contributed by atoms with E-state index in [2.05, 4.69) is 52.6 Å². The van der Waals surface area contributed by atoms with E-state index in [4.69, 9.17) is 4.98 Å². The van der Waals surface area contributed by atoms with Gasteiger partial charge in [-0.05, 0) is 49.0 Å². The van der Waals surface area contributed by atoms with Crippen molar-refractivity contribution < 1.29 is 0 Å². The van der Waals surface area contributed by atoms with E-state index in [9.17, 15) is 0 Å². The molecule has 0 aliphatic rings. The van der Waals surface area contributed by atoms with Crippen molar-refractivity contribution in [2.45, 2.75) is 25.8 Å². The summed E-state index contributed by atoms with van der Waals surface area (Å²) in [5, 5.41) is 6.63. The van der Waals surface area contributed by atoms with Crippen LogP contribution in [0.5, 0.6) is 0 Å². The van der Waals surface area contributed by atoms with E-state index in [1.807, 2.05) is 7.05 Å². The summed E-state index contributed by atoms with van der Waals surface area (Å²) in [6.45, 7) is 4.38. The van der Waals surface area contributed by atoms with Crippen LogP contribution in [-0.2, 0) is 6.42 Å². The van der Waals surface area contributed by atoms with Crippen LogP contribution in [0.4, 0.5) is 0 Å². The van der Waals surface area contributed by atoms with Crippen molar-refractivity contribution in [1.82, 2.24) is 10.3 Å².